The highest BCUT2D eigenvalue weighted by Gasteiger charge is 2.67. The molecule has 3 nitrogen and oxygen atoms in total. The maximum atomic E-state index is 11.1. The molecule has 4 aliphatic carbocycles. The van der Waals surface area contributed by atoms with Crippen molar-refractivity contribution in [3.05, 3.63) is 0 Å². The van der Waals surface area contributed by atoms with Crippen LogP contribution in [0.2, 0.25) is 0 Å². The Balaban J connectivity index is 1.72. The summed E-state index contributed by atoms with van der Waals surface area (Å²) in [5.74, 6) is 2.04. The van der Waals surface area contributed by atoms with E-state index in [1.54, 1.807) is 0 Å². The van der Waals surface area contributed by atoms with Crippen LogP contribution in [0.5, 0.6) is 0 Å². The van der Waals surface area contributed by atoms with Gasteiger partial charge in [-0.2, -0.15) is 5.26 Å². The van der Waals surface area contributed by atoms with E-state index >= 15 is 0 Å². The maximum Gasteiger partial charge on any atom is 0.156 e. The Morgan fingerprint density at radius 3 is 2.57 bits per heavy atom. The van der Waals surface area contributed by atoms with Crippen LogP contribution in [0.3, 0.4) is 0 Å². The number of hydrogen-bond acceptors (Lipinski definition) is 3. The number of nitriles is 1. The van der Waals surface area contributed by atoms with Gasteiger partial charge in [0, 0.05) is 5.41 Å². The minimum Gasteiger partial charge on any atom is -0.393 e. The average Bonchev–Trinajstić information content (AvgIpc) is 2.78. The molecule has 23 heavy (non-hydrogen) atoms. The molecule has 0 radical (unpaired) electrons. The van der Waals surface area contributed by atoms with Gasteiger partial charge in [-0.1, -0.05) is 26.7 Å². The van der Waals surface area contributed by atoms with Crippen LogP contribution < -0.4 is 0 Å². The van der Waals surface area contributed by atoms with Crippen LogP contribution in [-0.4, -0.2) is 21.9 Å². The summed E-state index contributed by atoms with van der Waals surface area (Å²) in [4.78, 5) is 0. The lowest BCUT2D eigenvalue weighted by molar-refractivity contribution is -0.185. The van der Waals surface area contributed by atoms with Crippen molar-refractivity contribution in [1.82, 2.24) is 0 Å². The van der Waals surface area contributed by atoms with Gasteiger partial charge in [0.05, 0.1) is 12.2 Å². The van der Waals surface area contributed by atoms with Crippen molar-refractivity contribution >= 4 is 0 Å². The van der Waals surface area contributed by atoms with E-state index in [0.29, 0.717) is 30.6 Å². The second-order valence-electron chi connectivity index (χ2n) is 9.52. The van der Waals surface area contributed by atoms with Gasteiger partial charge in [0.25, 0.3) is 0 Å². The molecular formula is C20H31NO2. The Bertz CT molecular complexity index is 542. The van der Waals surface area contributed by atoms with E-state index in [1.807, 2.05) is 0 Å². The summed E-state index contributed by atoms with van der Waals surface area (Å²) in [6.07, 6.45) is 9.48. The molecule has 2 N–H and O–H groups in total. The van der Waals surface area contributed by atoms with E-state index in [1.165, 1.54) is 38.5 Å². The molecule has 128 valence electrons. The van der Waals surface area contributed by atoms with Gasteiger partial charge >= 0.3 is 0 Å². The van der Waals surface area contributed by atoms with Crippen molar-refractivity contribution in [1.29, 1.82) is 5.26 Å². The van der Waals surface area contributed by atoms with Gasteiger partial charge in [0.1, 0.15) is 0 Å². The van der Waals surface area contributed by atoms with Gasteiger partial charge in [-0.25, -0.2) is 0 Å². The van der Waals surface area contributed by atoms with E-state index in [0.717, 1.165) is 12.3 Å². The zero-order valence-electron chi connectivity index (χ0n) is 14.6. The first-order chi connectivity index (χ1) is 10.9. The molecule has 0 aromatic carbocycles. The molecule has 3 heteroatoms. The Kier molecular flexibility index (Phi) is 3.43. The van der Waals surface area contributed by atoms with Crippen molar-refractivity contribution in [3.63, 3.8) is 0 Å². The lowest BCUT2D eigenvalue weighted by atomic mass is 9.44. The molecule has 8 atom stereocenters. The molecule has 4 aliphatic rings. The minimum atomic E-state index is -1.24. The third kappa shape index (κ3) is 1.89. The van der Waals surface area contributed by atoms with Gasteiger partial charge in [0.2, 0.25) is 0 Å². The molecule has 0 bridgehead atoms. The van der Waals surface area contributed by atoms with E-state index in [9.17, 15) is 15.5 Å². The first-order valence-corrected chi connectivity index (χ1v) is 9.67. The fourth-order valence-electron chi connectivity index (χ4n) is 7.61. The summed E-state index contributed by atoms with van der Waals surface area (Å²) in [6.45, 7) is 4.51. The fourth-order valence-corrected chi connectivity index (χ4v) is 7.61. The predicted octanol–water partition coefficient (Wildman–Crippen LogP) is 3.64. The molecule has 0 amide bonds. The highest BCUT2D eigenvalue weighted by molar-refractivity contribution is 5.22. The zero-order chi connectivity index (χ0) is 16.5. The normalized spacial score (nSPS) is 58.7. The molecule has 0 heterocycles. The monoisotopic (exact) mass is 317 g/mol. The Hall–Kier alpha value is -0.590. The summed E-state index contributed by atoms with van der Waals surface area (Å²) in [5.41, 5.74) is -1.40. The molecule has 4 fully saturated rings. The topological polar surface area (TPSA) is 64.2 Å². The number of rotatable bonds is 0. The lowest BCUT2D eigenvalue weighted by Crippen LogP contribution is -2.60. The van der Waals surface area contributed by atoms with Crippen LogP contribution in [0.25, 0.3) is 0 Å². The van der Waals surface area contributed by atoms with Crippen LogP contribution in [-0.2, 0) is 0 Å². The zero-order valence-corrected chi connectivity index (χ0v) is 14.6. The number of aliphatic hydroxyl groups is 2. The van der Waals surface area contributed by atoms with Gasteiger partial charge in [0.15, 0.2) is 5.60 Å². The Morgan fingerprint density at radius 1 is 1.04 bits per heavy atom. The predicted molar refractivity (Wildman–Crippen MR) is 88.3 cm³/mol. The van der Waals surface area contributed by atoms with Crippen LogP contribution >= 0.6 is 0 Å². The van der Waals surface area contributed by atoms with E-state index < -0.39 is 11.0 Å². The molecule has 0 aromatic heterocycles. The van der Waals surface area contributed by atoms with Crippen molar-refractivity contribution in [3.8, 4) is 6.07 Å². The summed E-state index contributed by atoms with van der Waals surface area (Å²) in [7, 11) is 0. The van der Waals surface area contributed by atoms with E-state index in [-0.39, 0.29) is 11.5 Å². The molecule has 0 aromatic rings. The number of fused-ring (bicyclic) bond motifs is 5. The minimum absolute atomic E-state index is 0.273. The third-order valence-corrected chi connectivity index (χ3v) is 8.85. The van der Waals surface area contributed by atoms with Crippen molar-refractivity contribution in [2.24, 2.45) is 34.5 Å². The largest absolute Gasteiger partial charge is 0.393 e. The fraction of sp³-hybridized carbons (Fsp3) is 0.950. The smallest absolute Gasteiger partial charge is 0.156 e. The summed E-state index contributed by atoms with van der Waals surface area (Å²) in [6, 6.07) is 2.21. The molecule has 4 rings (SSSR count). The van der Waals surface area contributed by atoms with Crippen LogP contribution in [0.1, 0.15) is 71.6 Å². The van der Waals surface area contributed by atoms with Crippen molar-refractivity contribution in [2.45, 2.75) is 83.3 Å². The Morgan fingerprint density at radius 2 is 1.83 bits per heavy atom. The average molecular weight is 317 g/mol. The SMILES string of the molecule is C[C@]12CCCCC1CC[C@@H]1[C@H]2C(O)C[C@@]2(C)[C@H]1CCC2(O)C#N. The first-order valence-electron chi connectivity index (χ1n) is 9.67. The standard InChI is InChI=1S/C20H31NO2/c1-18-9-4-3-5-13(18)6-7-14-15-8-10-20(23,12-21)19(15,2)11-16(22)17(14)18/h13-17,22-23H,3-11H2,1-2H3/t13?,14-,15-,16?,17-,18-,19-,20?/m0/s1. The van der Waals surface area contributed by atoms with Crippen LogP contribution in [0.4, 0.5) is 0 Å². The molecule has 0 saturated heterocycles. The summed E-state index contributed by atoms with van der Waals surface area (Å²) in [5, 5.41) is 31.6. The third-order valence-electron chi connectivity index (χ3n) is 8.85. The molecule has 0 aliphatic heterocycles. The number of nitrogens with zero attached hydrogens (tertiary/aromatic N) is 1. The highest BCUT2D eigenvalue weighted by atomic mass is 16.3. The van der Waals surface area contributed by atoms with Gasteiger partial charge in [-0.15, -0.1) is 0 Å². The first kappa shape index (κ1) is 15.9. The van der Waals surface area contributed by atoms with E-state index in [4.69, 9.17) is 0 Å². The van der Waals surface area contributed by atoms with Gasteiger partial charge < -0.3 is 10.2 Å². The second kappa shape index (κ2) is 4.96. The van der Waals surface area contributed by atoms with Gasteiger partial charge in [-0.3, -0.25) is 0 Å². The van der Waals surface area contributed by atoms with Crippen molar-refractivity contribution < 1.29 is 10.2 Å². The Labute approximate surface area is 140 Å². The van der Waals surface area contributed by atoms with E-state index in [2.05, 4.69) is 19.9 Å². The number of aliphatic hydroxyl groups excluding tert-OH is 1. The van der Waals surface area contributed by atoms with Gasteiger partial charge in [-0.05, 0) is 74.0 Å². The molecule has 0 spiro atoms. The lowest BCUT2D eigenvalue weighted by Gasteiger charge is -2.62. The summed E-state index contributed by atoms with van der Waals surface area (Å²) >= 11 is 0. The molecule has 3 unspecified atom stereocenters. The van der Waals surface area contributed by atoms with Crippen LogP contribution in [0, 0.1) is 45.8 Å². The summed E-state index contributed by atoms with van der Waals surface area (Å²) < 4.78 is 0. The highest BCUT2D eigenvalue weighted by Crippen LogP contribution is 2.68. The second-order valence-corrected chi connectivity index (χ2v) is 9.52. The maximum absolute atomic E-state index is 11.1. The quantitative estimate of drug-likeness (QED) is 0.670. The molecular weight excluding hydrogens is 286 g/mol. The van der Waals surface area contributed by atoms with Crippen molar-refractivity contribution in [2.75, 3.05) is 0 Å². The van der Waals surface area contributed by atoms with Crippen LogP contribution in [0.15, 0.2) is 0 Å². The number of hydrogen-bond donors (Lipinski definition) is 2. The molecule has 4 saturated carbocycles.